The van der Waals surface area contributed by atoms with Gasteiger partial charge in [0.1, 0.15) is 12.1 Å². The Kier molecular flexibility index (Phi) is 5.41. The summed E-state index contributed by atoms with van der Waals surface area (Å²) in [5.41, 5.74) is 1.11. The normalized spacial score (nSPS) is 11.7. The van der Waals surface area contributed by atoms with Gasteiger partial charge in [0.05, 0.1) is 19.1 Å². The van der Waals surface area contributed by atoms with E-state index in [1.54, 1.807) is 10.9 Å². The number of hydrogen-bond donors (Lipinski definition) is 1. The maximum Gasteiger partial charge on any atom is 0.232 e. The zero-order valence-corrected chi connectivity index (χ0v) is 14.0. The average molecular weight is 336 g/mol. The summed E-state index contributed by atoms with van der Waals surface area (Å²) in [6.07, 6.45) is 1.60. The van der Waals surface area contributed by atoms with Crippen molar-refractivity contribution in [2.24, 2.45) is 5.92 Å². The number of para-hydroxylation sites is 1. The molecule has 1 atom stereocenters. The molecule has 1 aromatic heterocycles. The first-order chi connectivity index (χ1) is 12.2. The van der Waals surface area contributed by atoms with Crippen LogP contribution in [0.25, 0.3) is 0 Å². The van der Waals surface area contributed by atoms with Crippen LogP contribution in [0.1, 0.15) is 12.5 Å². The van der Waals surface area contributed by atoms with Gasteiger partial charge in [0.2, 0.25) is 11.9 Å². The second kappa shape index (κ2) is 8.10. The van der Waals surface area contributed by atoms with Crippen molar-refractivity contribution in [3.05, 3.63) is 72.6 Å². The van der Waals surface area contributed by atoms with Crippen LogP contribution in [0.3, 0.4) is 0 Å². The Morgan fingerprint density at radius 2 is 1.80 bits per heavy atom. The lowest BCUT2D eigenvalue weighted by Gasteiger charge is -2.13. The fourth-order valence-corrected chi connectivity index (χ4v) is 2.29. The summed E-state index contributed by atoms with van der Waals surface area (Å²) in [7, 11) is 0. The second-order valence-electron chi connectivity index (χ2n) is 5.78. The maximum absolute atomic E-state index is 12.4. The molecular formula is C19H20N4O2. The molecular weight excluding hydrogens is 316 g/mol. The van der Waals surface area contributed by atoms with Crippen LogP contribution in [0.4, 0.5) is 5.95 Å². The van der Waals surface area contributed by atoms with Crippen molar-refractivity contribution >= 4 is 11.9 Å². The van der Waals surface area contributed by atoms with Gasteiger partial charge >= 0.3 is 0 Å². The lowest BCUT2D eigenvalue weighted by molar-refractivity contribution is -0.120. The minimum atomic E-state index is -0.318. The Labute approximate surface area is 146 Å². The Morgan fingerprint density at radius 1 is 1.12 bits per heavy atom. The highest BCUT2D eigenvalue weighted by Gasteiger charge is 2.16. The summed E-state index contributed by atoms with van der Waals surface area (Å²) in [6, 6.07) is 19.4. The molecule has 6 heteroatoms. The zero-order chi connectivity index (χ0) is 17.5. The molecule has 128 valence electrons. The predicted octanol–water partition coefficient (Wildman–Crippen LogP) is 2.98. The number of hydrogen-bond acceptors (Lipinski definition) is 4. The molecule has 0 aliphatic heterocycles. The van der Waals surface area contributed by atoms with Crippen molar-refractivity contribution in [2.75, 3.05) is 11.9 Å². The Morgan fingerprint density at radius 3 is 2.52 bits per heavy atom. The van der Waals surface area contributed by atoms with E-state index < -0.39 is 0 Å². The third kappa shape index (κ3) is 4.67. The van der Waals surface area contributed by atoms with Crippen molar-refractivity contribution in [1.29, 1.82) is 0 Å². The molecule has 0 saturated carbocycles. The number of nitrogens with zero attached hydrogens (tertiary/aromatic N) is 3. The van der Waals surface area contributed by atoms with Crippen LogP contribution < -0.4 is 10.1 Å². The van der Waals surface area contributed by atoms with Crippen LogP contribution in [0.15, 0.2) is 67.0 Å². The van der Waals surface area contributed by atoms with E-state index >= 15 is 0 Å². The highest BCUT2D eigenvalue weighted by molar-refractivity contribution is 5.90. The third-order valence-corrected chi connectivity index (χ3v) is 3.74. The number of benzene rings is 2. The van der Waals surface area contributed by atoms with Crippen LogP contribution in [0.5, 0.6) is 5.75 Å². The van der Waals surface area contributed by atoms with Gasteiger partial charge in [0.15, 0.2) is 0 Å². The van der Waals surface area contributed by atoms with Gasteiger partial charge in [0, 0.05) is 0 Å². The van der Waals surface area contributed by atoms with Crippen LogP contribution >= 0.6 is 0 Å². The molecule has 6 nitrogen and oxygen atoms in total. The second-order valence-corrected chi connectivity index (χ2v) is 5.78. The lowest BCUT2D eigenvalue weighted by atomic mass is 10.2. The highest BCUT2D eigenvalue weighted by Crippen LogP contribution is 2.12. The quantitative estimate of drug-likeness (QED) is 0.720. The number of rotatable bonds is 7. The zero-order valence-electron chi connectivity index (χ0n) is 14.0. The summed E-state index contributed by atoms with van der Waals surface area (Å²) in [6.45, 7) is 2.71. The highest BCUT2D eigenvalue weighted by atomic mass is 16.5. The number of ether oxygens (including phenoxy) is 1. The van der Waals surface area contributed by atoms with Crippen molar-refractivity contribution in [3.63, 3.8) is 0 Å². The van der Waals surface area contributed by atoms with Gasteiger partial charge in [0.25, 0.3) is 0 Å². The molecule has 0 aliphatic rings. The minimum absolute atomic E-state index is 0.154. The van der Waals surface area contributed by atoms with Crippen molar-refractivity contribution in [2.45, 2.75) is 13.5 Å². The van der Waals surface area contributed by atoms with Crippen molar-refractivity contribution in [1.82, 2.24) is 14.8 Å². The first kappa shape index (κ1) is 16.7. The van der Waals surface area contributed by atoms with Crippen molar-refractivity contribution in [3.8, 4) is 5.75 Å². The van der Waals surface area contributed by atoms with Crippen LogP contribution in [-0.4, -0.2) is 27.3 Å². The average Bonchev–Trinajstić information content (AvgIpc) is 3.08. The van der Waals surface area contributed by atoms with Gasteiger partial charge in [-0.15, -0.1) is 10.2 Å². The number of amides is 1. The molecule has 3 aromatic rings. The van der Waals surface area contributed by atoms with Crippen LogP contribution in [0.2, 0.25) is 0 Å². The van der Waals surface area contributed by atoms with Crippen molar-refractivity contribution < 1.29 is 9.53 Å². The first-order valence-electron chi connectivity index (χ1n) is 8.13. The number of anilines is 1. The van der Waals surface area contributed by atoms with Gasteiger partial charge < -0.3 is 4.74 Å². The molecule has 1 N–H and O–H groups in total. The van der Waals surface area contributed by atoms with E-state index in [-0.39, 0.29) is 11.8 Å². The molecule has 2 aromatic carbocycles. The molecule has 0 radical (unpaired) electrons. The molecule has 0 bridgehead atoms. The fraction of sp³-hybridized carbons (Fsp3) is 0.211. The summed E-state index contributed by atoms with van der Waals surface area (Å²) in [5.74, 6) is 0.704. The molecule has 1 amide bonds. The molecule has 0 unspecified atom stereocenters. The minimum Gasteiger partial charge on any atom is -0.493 e. The van der Waals surface area contributed by atoms with Gasteiger partial charge in [-0.1, -0.05) is 55.5 Å². The number of carbonyl (C=O) groups is 1. The van der Waals surface area contributed by atoms with E-state index in [1.807, 2.05) is 67.6 Å². The van der Waals surface area contributed by atoms with Crippen LogP contribution in [0, 0.1) is 5.92 Å². The molecule has 3 rings (SSSR count). The summed E-state index contributed by atoms with van der Waals surface area (Å²) < 4.78 is 7.43. The van der Waals surface area contributed by atoms with Gasteiger partial charge in [-0.2, -0.15) is 0 Å². The summed E-state index contributed by atoms with van der Waals surface area (Å²) in [5, 5.41) is 10.7. The van der Waals surface area contributed by atoms with Crippen LogP contribution in [-0.2, 0) is 11.3 Å². The smallest absolute Gasteiger partial charge is 0.232 e. The van der Waals surface area contributed by atoms with E-state index in [4.69, 9.17) is 4.74 Å². The Bertz CT molecular complexity index is 803. The van der Waals surface area contributed by atoms with E-state index in [0.29, 0.717) is 19.1 Å². The molecule has 0 fully saturated rings. The Balaban J connectivity index is 1.57. The first-order valence-corrected chi connectivity index (χ1v) is 8.13. The summed E-state index contributed by atoms with van der Waals surface area (Å²) >= 11 is 0. The predicted molar refractivity (Wildman–Crippen MR) is 95.3 cm³/mol. The lowest BCUT2D eigenvalue weighted by Crippen LogP contribution is -2.27. The molecule has 25 heavy (non-hydrogen) atoms. The number of carbonyl (C=O) groups excluding carboxylic acids is 1. The molecule has 0 aliphatic carbocycles. The fourth-order valence-electron chi connectivity index (χ4n) is 2.29. The molecule has 0 saturated heterocycles. The third-order valence-electron chi connectivity index (χ3n) is 3.74. The van der Waals surface area contributed by atoms with E-state index in [1.165, 1.54) is 0 Å². The van der Waals surface area contributed by atoms with E-state index in [2.05, 4.69) is 15.5 Å². The monoisotopic (exact) mass is 336 g/mol. The topological polar surface area (TPSA) is 69.0 Å². The van der Waals surface area contributed by atoms with E-state index in [0.717, 1.165) is 11.3 Å². The number of nitrogens with one attached hydrogen (secondary N) is 1. The maximum atomic E-state index is 12.4. The van der Waals surface area contributed by atoms with E-state index in [9.17, 15) is 4.79 Å². The molecule has 1 heterocycles. The summed E-state index contributed by atoms with van der Waals surface area (Å²) in [4.78, 5) is 12.4. The van der Waals surface area contributed by atoms with Gasteiger partial charge in [-0.3, -0.25) is 14.7 Å². The van der Waals surface area contributed by atoms with Gasteiger partial charge in [-0.25, -0.2) is 0 Å². The van der Waals surface area contributed by atoms with Gasteiger partial charge in [-0.05, 0) is 17.7 Å². The Hall–Kier alpha value is -3.15. The standard InChI is InChI=1S/C19H20N4O2/c1-15(13-25-17-10-6-3-7-11-17)18(24)21-19-22-20-14-23(19)12-16-8-4-2-5-9-16/h2-11,14-15H,12-13H2,1H3,(H,21,22,24)/t15-/m1/s1. The molecule has 0 spiro atoms. The SMILES string of the molecule is C[C@H](COc1ccccc1)C(=O)Nc1nncn1Cc1ccccc1. The largest absolute Gasteiger partial charge is 0.493 e. The number of aromatic nitrogens is 3.